The molecule has 5 heteroatoms. The van der Waals surface area contributed by atoms with Crippen LogP contribution >= 0.6 is 11.6 Å². The number of hydrazone groups is 1. The van der Waals surface area contributed by atoms with Crippen LogP contribution in [-0.2, 0) is 6.54 Å². The van der Waals surface area contributed by atoms with Crippen molar-refractivity contribution in [2.75, 3.05) is 0 Å². The summed E-state index contributed by atoms with van der Waals surface area (Å²) >= 11 is 5.86. The first-order valence-corrected chi connectivity index (χ1v) is 9.70. The Bertz CT molecular complexity index is 1190. The summed E-state index contributed by atoms with van der Waals surface area (Å²) in [6.07, 6.45) is 3.74. The fraction of sp³-hybridized carbons (Fsp3) is 0.0833. The highest BCUT2D eigenvalue weighted by atomic mass is 35.5. The topological polar surface area (TPSA) is 46.4 Å². The van der Waals surface area contributed by atoms with E-state index < -0.39 is 0 Å². The van der Waals surface area contributed by atoms with E-state index in [1.807, 2.05) is 12.1 Å². The zero-order chi connectivity index (χ0) is 20.2. The monoisotopic (exact) mass is 401 g/mol. The van der Waals surface area contributed by atoms with Crippen LogP contribution in [0, 0.1) is 6.92 Å². The van der Waals surface area contributed by atoms with Gasteiger partial charge in [0.1, 0.15) is 0 Å². The maximum Gasteiger partial charge on any atom is 0.271 e. The van der Waals surface area contributed by atoms with E-state index in [4.69, 9.17) is 11.6 Å². The van der Waals surface area contributed by atoms with E-state index in [1.54, 1.807) is 30.5 Å². The lowest BCUT2D eigenvalue weighted by Gasteiger charge is -2.06. The van der Waals surface area contributed by atoms with Crippen molar-refractivity contribution in [1.82, 2.24) is 9.99 Å². The molecule has 1 heterocycles. The molecule has 29 heavy (non-hydrogen) atoms. The molecule has 0 spiro atoms. The number of carbonyl (C=O) groups is 1. The number of aromatic nitrogens is 1. The second kappa shape index (κ2) is 8.33. The summed E-state index contributed by atoms with van der Waals surface area (Å²) in [5.74, 6) is -0.276. The molecular formula is C24H20ClN3O. The largest absolute Gasteiger partial charge is 0.342 e. The van der Waals surface area contributed by atoms with Crippen LogP contribution in [0.15, 0.2) is 84.1 Å². The highest BCUT2D eigenvalue weighted by Gasteiger charge is 2.08. The molecule has 1 aromatic heterocycles. The van der Waals surface area contributed by atoms with Gasteiger partial charge >= 0.3 is 0 Å². The van der Waals surface area contributed by atoms with Gasteiger partial charge in [-0.15, -0.1) is 0 Å². The maximum absolute atomic E-state index is 12.2. The van der Waals surface area contributed by atoms with Gasteiger partial charge in [-0.25, -0.2) is 5.43 Å². The summed E-state index contributed by atoms with van der Waals surface area (Å²) in [6, 6.07) is 23.4. The van der Waals surface area contributed by atoms with Crippen molar-refractivity contribution in [3.05, 3.63) is 106 Å². The Hall–Kier alpha value is -3.37. The van der Waals surface area contributed by atoms with Crippen molar-refractivity contribution in [3.63, 3.8) is 0 Å². The minimum atomic E-state index is -0.276. The van der Waals surface area contributed by atoms with Gasteiger partial charge in [0.05, 0.1) is 6.21 Å². The van der Waals surface area contributed by atoms with E-state index in [9.17, 15) is 4.79 Å². The average Bonchev–Trinajstić information content (AvgIpc) is 3.06. The zero-order valence-electron chi connectivity index (χ0n) is 16.0. The van der Waals surface area contributed by atoms with Crippen molar-refractivity contribution >= 4 is 34.6 Å². The van der Waals surface area contributed by atoms with Crippen LogP contribution < -0.4 is 5.43 Å². The highest BCUT2D eigenvalue weighted by molar-refractivity contribution is 6.30. The standard InChI is InChI=1S/C24H20ClN3O/c1-17-5-4-6-18(13-17)15-28-16-20(22-7-2-3-8-23(22)28)14-26-27-24(29)19-9-11-21(25)12-10-19/h2-14,16H,15H2,1H3,(H,27,29)/b26-14-. The molecule has 0 aliphatic carbocycles. The van der Waals surface area contributed by atoms with E-state index in [-0.39, 0.29) is 5.91 Å². The molecular weight excluding hydrogens is 382 g/mol. The Labute approximate surface area is 174 Å². The molecule has 144 valence electrons. The Kier molecular flexibility index (Phi) is 5.45. The first kappa shape index (κ1) is 19.0. The molecule has 0 unspecified atom stereocenters. The predicted octanol–water partition coefficient (Wildman–Crippen LogP) is 5.42. The molecule has 3 aromatic carbocycles. The second-order valence-electron chi connectivity index (χ2n) is 6.92. The summed E-state index contributed by atoms with van der Waals surface area (Å²) < 4.78 is 2.20. The number of hydrogen-bond donors (Lipinski definition) is 1. The molecule has 4 nitrogen and oxygen atoms in total. The van der Waals surface area contributed by atoms with Gasteiger partial charge in [0.25, 0.3) is 5.91 Å². The number of halogens is 1. The van der Waals surface area contributed by atoms with Crippen LogP contribution in [0.4, 0.5) is 0 Å². The third kappa shape index (κ3) is 4.39. The lowest BCUT2D eigenvalue weighted by Crippen LogP contribution is -2.17. The fourth-order valence-corrected chi connectivity index (χ4v) is 3.47. The van der Waals surface area contributed by atoms with Crippen molar-refractivity contribution in [1.29, 1.82) is 0 Å². The first-order valence-electron chi connectivity index (χ1n) is 9.32. The molecule has 1 amide bonds. The van der Waals surface area contributed by atoms with Crippen LogP contribution in [0.25, 0.3) is 10.9 Å². The Morgan fingerprint density at radius 1 is 1.07 bits per heavy atom. The Balaban J connectivity index is 1.56. The lowest BCUT2D eigenvalue weighted by atomic mass is 10.1. The predicted molar refractivity (Wildman–Crippen MR) is 119 cm³/mol. The summed E-state index contributed by atoms with van der Waals surface area (Å²) in [4.78, 5) is 12.2. The third-order valence-corrected chi connectivity index (χ3v) is 4.98. The number of para-hydroxylation sites is 1. The van der Waals surface area contributed by atoms with Gasteiger partial charge in [-0.05, 0) is 42.8 Å². The van der Waals surface area contributed by atoms with E-state index >= 15 is 0 Å². The van der Waals surface area contributed by atoms with Gasteiger partial charge in [0.15, 0.2) is 0 Å². The van der Waals surface area contributed by atoms with Gasteiger partial charge in [0.2, 0.25) is 0 Å². The van der Waals surface area contributed by atoms with Crippen molar-refractivity contribution < 1.29 is 4.79 Å². The number of carbonyl (C=O) groups excluding carboxylic acids is 1. The van der Waals surface area contributed by atoms with Gasteiger partial charge in [-0.3, -0.25) is 4.79 Å². The lowest BCUT2D eigenvalue weighted by molar-refractivity contribution is 0.0955. The minimum Gasteiger partial charge on any atom is -0.342 e. The normalized spacial score (nSPS) is 11.2. The second-order valence-corrected chi connectivity index (χ2v) is 7.36. The van der Waals surface area contributed by atoms with Gasteiger partial charge in [-0.2, -0.15) is 5.10 Å². The number of benzene rings is 3. The number of amides is 1. The van der Waals surface area contributed by atoms with Crippen LogP contribution in [0.2, 0.25) is 5.02 Å². The summed E-state index contributed by atoms with van der Waals surface area (Å²) in [6.45, 7) is 2.87. The smallest absolute Gasteiger partial charge is 0.271 e. The molecule has 0 fully saturated rings. The van der Waals surface area contributed by atoms with Crippen LogP contribution in [0.3, 0.4) is 0 Å². The minimum absolute atomic E-state index is 0.276. The van der Waals surface area contributed by atoms with Crippen LogP contribution in [0.5, 0.6) is 0 Å². The van der Waals surface area contributed by atoms with Gasteiger partial charge in [-0.1, -0.05) is 59.6 Å². The maximum atomic E-state index is 12.2. The summed E-state index contributed by atoms with van der Waals surface area (Å²) in [5.41, 5.74) is 7.64. The number of nitrogens with one attached hydrogen (secondary N) is 1. The Morgan fingerprint density at radius 3 is 2.66 bits per heavy atom. The molecule has 1 N–H and O–H groups in total. The number of fused-ring (bicyclic) bond motifs is 1. The van der Waals surface area contributed by atoms with Crippen molar-refractivity contribution in [2.24, 2.45) is 5.10 Å². The SMILES string of the molecule is Cc1cccc(Cn2cc(/C=N\NC(=O)c3ccc(Cl)cc3)c3ccccc32)c1. The molecule has 0 aliphatic rings. The number of nitrogens with zero attached hydrogens (tertiary/aromatic N) is 2. The van der Waals surface area contributed by atoms with E-state index in [0.29, 0.717) is 10.6 Å². The highest BCUT2D eigenvalue weighted by Crippen LogP contribution is 2.21. The number of hydrogen-bond acceptors (Lipinski definition) is 2. The molecule has 4 rings (SSSR count). The van der Waals surface area contributed by atoms with E-state index in [0.717, 1.165) is 23.0 Å². The molecule has 4 aromatic rings. The fourth-order valence-electron chi connectivity index (χ4n) is 3.34. The molecule has 0 radical (unpaired) electrons. The quantitative estimate of drug-likeness (QED) is 0.352. The molecule has 0 aliphatic heterocycles. The molecule has 0 bridgehead atoms. The number of rotatable bonds is 5. The van der Waals surface area contributed by atoms with Crippen molar-refractivity contribution in [2.45, 2.75) is 13.5 Å². The molecule has 0 atom stereocenters. The zero-order valence-corrected chi connectivity index (χ0v) is 16.7. The summed E-state index contributed by atoms with van der Waals surface area (Å²) in [7, 11) is 0. The van der Waals surface area contributed by atoms with Crippen LogP contribution in [-0.4, -0.2) is 16.7 Å². The third-order valence-electron chi connectivity index (χ3n) is 4.73. The van der Waals surface area contributed by atoms with E-state index in [1.165, 1.54) is 11.1 Å². The van der Waals surface area contributed by atoms with Crippen LogP contribution in [0.1, 0.15) is 27.0 Å². The molecule has 0 saturated heterocycles. The number of aryl methyl sites for hydroxylation is 1. The van der Waals surface area contributed by atoms with Gasteiger partial charge < -0.3 is 4.57 Å². The Morgan fingerprint density at radius 2 is 1.86 bits per heavy atom. The van der Waals surface area contributed by atoms with Crippen molar-refractivity contribution in [3.8, 4) is 0 Å². The summed E-state index contributed by atoms with van der Waals surface area (Å²) in [5, 5.41) is 5.83. The average molecular weight is 402 g/mol. The first-order chi connectivity index (χ1) is 14.1. The van der Waals surface area contributed by atoms with Gasteiger partial charge in [0, 0.05) is 39.8 Å². The van der Waals surface area contributed by atoms with E-state index in [2.05, 4.69) is 64.6 Å². The molecule has 0 saturated carbocycles.